The molecule has 1 amide bonds. The summed E-state index contributed by atoms with van der Waals surface area (Å²) in [5.41, 5.74) is 1.66. The predicted molar refractivity (Wildman–Crippen MR) is 106 cm³/mol. The first kappa shape index (κ1) is 19.8. The van der Waals surface area contributed by atoms with Crippen molar-refractivity contribution in [2.24, 2.45) is 0 Å². The van der Waals surface area contributed by atoms with Gasteiger partial charge in [-0.15, -0.1) is 0 Å². The van der Waals surface area contributed by atoms with E-state index in [1.165, 1.54) is 5.56 Å². The van der Waals surface area contributed by atoms with E-state index in [2.05, 4.69) is 39.7 Å². The molecule has 0 atom stereocenters. The van der Waals surface area contributed by atoms with E-state index in [1.54, 1.807) is 13.8 Å². The van der Waals surface area contributed by atoms with E-state index < -0.39 is 5.56 Å². The third-order valence-electron chi connectivity index (χ3n) is 4.56. The molecule has 0 aliphatic carbocycles. The van der Waals surface area contributed by atoms with Crippen molar-refractivity contribution in [3.05, 3.63) is 57.7 Å². The number of amides is 1. The molecule has 0 aliphatic rings. The fourth-order valence-corrected chi connectivity index (χ4v) is 3.19. The zero-order valence-corrected chi connectivity index (χ0v) is 16.4. The summed E-state index contributed by atoms with van der Waals surface area (Å²) in [5, 5.41) is 11.5. The fraction of sp³-hybridized carbons (Fsp3) is 0.400. The number of benzene rings is 1. The molecule has 28 heavy (non-hydrogen) atoms. The first-order valence-corrected chi connectivity index (χ1v) is 9.28. The summed E-state index contributed by atoms with van der Waals surface area (Å²) in [4.78, 5) is 26.8. The number of hydrogen-bond acceptors (Lipinski definition) is 6. The van der Waals surface area contributed by atoms with Crippen LogP contribution in [0.25, 0.3) is 10.9 Å². The van der Waals surface area contributed by atoms with Crippen LogP contribution in [-0.4, -0.2) is 45.9 Å². The van der Waals surface area contributed by atoms with Gasteiger partial charge in [0.15, 0.2) is 5.52 Å². The van der Waals surface area contributed by atoms with Crippen LogP contribution in [0.4, 0.5) is 0 Å². The van der Waals surface area contributed by atoms with Gasteiger partial charge in [-0.1, -0.05) is 35.5 Å². The van der Waals surface area contributed by atoms with Gasteiger partial charge in [-0.05, 0) is 39.4 Å². The van der Waals surface area contributed by atoms with Gasteiger partial charge >= 0.3 is 0 Å². The van der Waals surface area contributed by atoms with Crippen molar-refractivity contribution in [1.82, 2.24) is 25.2 Å². The van der Waals surface area contributed by atoms with E-state index in [0.717, 1.165) is 24.2 Å². The molecule has 1 N–H and O–H groups in total. The molecule has 0 radical (unpaired) electrons. The van der Waals surface area contributed by atoms with Crippen LogP contribution in [0.5, 0.6) is 0 Å². The number of nitrogens with one attached hydrogen (secondary N) is 1. The topological polar surface area (TPSA) is 93.3 Å². The summed E-state index contributed by atoms with van der Waals surface area (Å²) in [7, 11) is 2.05. The molecule has 1 aromatic carbocycles. The molecule has 2 aromatic heterocycles. The van der Waals surface area contributed by atoms with Gasteiger partial charge in [0.05, 0.1) is 11.1 Å². The van der Waals surface area contributed by atoms with Crippen LogP contribution in [0.1, 0.15) is 23.4 Å². The summed E-state index contributed by atoms with van der Waals surface area (Å²) in [6, 6.07) is 10.2. The second-order valence-corrected chi connectivity index (χ2v) is 6.94. The van der Waals surface area contributed by atoms with Crippen molar-refractivity contribution >= 4 is 16.8 Å². The Bertz CT molecular complexity index is 1010. The van der Waals surface area contributed by atoms with Crippen LogP contribution in [0.3, 0.4) is 0 Å². The molecule has 0 fully saturated rings. The molecule has 0 saturated carbocycles. The molecular weight excluding hydrogens is 358 g/mol. The summed E-state index contributed by atoms with van der Waals surface area (Å²) in [5.74, 6) is 0.299. The zero-order valence-electron chi connectivity index (χ0n) is 16.4. The fourth-order valence-electron chi connectivity index (χ4n) is 3.19. The Labute approximate surface area is 163 Å². The van der Waals surface area contributed by atoms with Crippen molar-refractivity contribution in [2.75, 3.05) is 20.1 Å². The molecule has 0 spiro atoms. The van der Waals surface area contributed by atoms with E-state index in [1.807, 2.05) is 18.2 Å². The van der Waals surface area contributed by atoms with Crippen molar-refractivity contribution in [3.8, 4) is 0 Å². The Morgan fingerprint density at radius 1 is 1.25 bits per heavy atom. The first-order chi connectivity index (χ1) is 13.5. The first-order valence-electron chi connectivity index (χ1n) is 9.28. The number of aryl methyl sites for hydroxylation is 2. The molecule has 0 unspecified atom stereocenters. The van der Waals surface area contributed by atoms with Crippen molar-refractivity contribution in [2.45, 2.75) is 33.4 Å². The lowest BCUT2D eigenvalue weighted by molar-refractivity contribution is -0.121. The van der Waals surface area contributed by atoms with Gasteiger partial charge in [0.2, 0.25) is 5.91 Å². The van der Waals surface area contributed by atoms with Gasteiger partial charge in [0, 0.05) is 13.1 Å². The minimum Gasteiger partial charge on any atom is -0.360 e. The van der Waals surface area contributed by atoms with Crippen molar-refractivity contribution < 1.29 is 9.32 Å². The maximum Gasteiger partial charge on any atom is 0.297 e. The predicted octanol–water partition coefficient (Wildman–Crippen LogP) is 1.64. The number of fused-ring (bicyclic) bond motifs is 1. The average molecular weight is 383 g/mol. The smallest absolute Gasteiger partial charge is 0.297 e. The second kappa shape index (κ2) is 8.79. The summed E-state index contributed by atoms with van der Waals surface area (Å²) in [6.45, 7) is 5.62. The van der Waals surface area contributed by atoms with Crippen LogP contribution in [0.15, 0.2) is 39.6 Å². The Hall–Kier alpha value is -3.00. The van der Waals surface area contributed by atoms with Gasteiger partial charge in [-0.25, -0.2) is 4.68 Å². The van der Waals surface area contributed by atoms with E-state index in [9.17, 15) is 9.59 Å². The van der Waals surface area contributed by atoms with Crippen LogP contribution in [0.2, 0.25) is 0 Å². The lowest BCUT2D eigenvalue weighted by atomic mass is 10.2. The SMILES string of the molecule is Cc1nn(CC(=O)NCCCN(C)Cc2ccccc2)c(=O)c2noc(C)c12. The Morgan fingerprint density at radius 2 is 2.00 bits per heavy atom. The Balaban J connectivity index is 1.48. The number of hydrogen-bond donors (Lipinski definition) is 1. The Morgan fingerprint density at radius 3 is 2.75 bits per heavy atom. The van der Waals surface area contributed by atoms with E-state index in [4.69, 9.17) is 4.52 Å². The van der Waals surface area contributed by atoms with Gasteiger partial charge in [0.25, 0.3) is 5.56 Å². The normalized spacial score (nSPS) is 11.3. The second-order valence-electron chi connectivity index (χ2n) is 6.94. The average Bonchev–Trinajstić information content (AvgIpc) is 3.06. The quantitative estimate of drug-likeness (QED) is 0.595. The number of aromatic nitrogens is 3. The van der Waals surface area contributed by atoms with Crippen molar-refractivity contribution in [3.63, 3.8) is 0 Å². The molecule has 0 aliphatic heterocycles. The highest BCUT2D eigenvalue weighted by Crippen LogP contribution is 2.16. The van der Waals surface area contributed by atoms with Gasteiger partial charge < -0.3 is 14.7 Å². The standard InChI is InChI=1S/C20H25N5O3/c1-14-18-15(2)28-23-19(18)20(27)25(22-14)13-17(26)21-10-7-11-24(3)12-16-8-5-4-6-9-16/h4-6,8-9H,7,10-13H2,1-3H3,(H,21,26). The highest BCUT2D eigenvalue weighted by atomic mass is 16.5. The minimum absolute atomic E-state index is 0.138. The zero-order chi connectivity index (χ0) is 20.1. The molecule has 148 valence electrons. The number of nitrogens with zero attached hydrogens (tertiary/aromatic N) is 4. The monoisotopic (exact) mass is 383 g/mol. The van der Waals surface area contributed by atoms with E-state index >= 15 is 0 Å². The minimum atomic E-state index is -0.421. The van der Waals surface area contributed by atoms with Gasteiger partial charge in [-0.3, -0.25) is 9.59 Å². The molecule has 0 bridgehead atoms. The third-order valence-corrected chi connectivity index (χ3v) is 4.56. The molecule has 3 aromatic rings. The molecule has 0 saturated heterocycles. The highest BCUT2D eigenvalue weighted by Gasteiger charge is 2.16. The Kier molecular flexibility index (Phi) is 6.20. The van der Waals surface area contributed by atoms with Gasteiger partial charge in [-0.2, -0.15) is 5.10 Å². The lowest BCUT2D eigenvalue weighted by Crippen LogP contribution is -2.35. The number of rotatable bonds is 8. The maximum atomic E-state index is 12.4. The molecule has 3 rings (SSSR count). The summed E-state index contributed by atoms with van der Waals surface area (Å²) >= 11 is 0. The largest absolute Gasteiger partial charge is 0.360 e. The molecule has 8 heteroatoms. The number of carbonyl (C=O) groups excluding carboxylic acids is 1. The lowest BCUT2D eigenvalue weighted by Gasteiger charge is -2.16. The van der Waals surface area contributed by atoms with Crippen LogP contribution in [-0.2, 0) is 17.9 Å². The highest BCUT2D eigenvalue weighted by molar-refractivity contribution is 5.82. The molecule has 8 nitrogen and oxygen atoms in total. The van der Waals surface area contributed by atoms with E-state index in [0.29, 0.717) is 23.4 Å². The van der Waals surface area contributed by atoms with Gasteiger partial charge in [0.1, 0.15) is 12.3 Å². The van der Waals surface area contributed by atoms with Crippen LogP contribution in [0, 0.1) is 13.8 Å². The molecular formula is C20H25N5O3. The van der Waals surface area contributed by atoms with Crippen LogP contribution >= 0.6 is 0 Å². The summed E-state index contributed by atoms with van der Waals surface area (Å²) in [6.07, 6.45) is 0.817. The number of carbonyl (C=O) groups is 1. The van der Waals surface area contributed by atoms with Crippen molar-refractivity contribution in [1.29, 1.82) is 0 Å². The van der Waals surface area contributed by atoms with Crippen LogP contribution < -0.4 is 10.9 Å². The summed E-state index contributed by atoms with van der Waals surface area (Å²) < 4.78 is 6.21. The maximum absolute atomic E-state index is 12.4. The third kappa shape index (κ3) is 4.64. The molecule has 2 heterocycles. The van der Waals surface area contributed by atoms with E-state index in [-0.39, 0.29) is 18.0 Å².